The Balaban J connectivity index is 3.39. The van der Waals surface area contributed by atoms with Crippen molar-refractivity contribution >= 4 is 24.4 Å². The normalized spacial score (nSPS) is 14.0. The molecule has 2 unspecified atom stereocenters. The summed E-state index contributed by atoms with van der Waals surface area (Å²) in [5, 5.41) is 9.57. The third kappa shape index (κ3) is 11.8. The Morgan fingerprint density at radius 3 is 1.86 bits per heavy atom. The van der Waals surface area contributed by atoms with E-state index in [-0.39, 0.29) is 24.5 Å². The van der Waals surface area contributed by atoms with Crippen LogP contribution in [0.5, 0.6) is 11.5 Å². The number of carbonyl (C=O) groups excluding carboxylic acids is 3. The Labute approximate surface area is 216 Å². The maximum Gasteiger partial charge on any atom is 0.514 e. The van der Waals surface area contributed by atoms with Gasteiger partial charge in [-0.25, -0.2) is 14.4 Å². The minimum absolute atomic E-state index is 0.00950. The van der Waals surface area contributed by atoms with E-state index in [0.717, 1.165) is 0 Å². The van der Waals surface area contributed by atoms with Crippen molar-refractivity contribution in [1.29, 1.82) is 0 Å². The average molecular weight is 528 g/mol. The molecule has 0 amide bonds. The number of rotatable bonds is 9. The van der Waals surface area contributed by atoms with Crippen LogP contribution in [0.2, 0.25) is 0 Å². The van der Waals surface area contributed by atoms with E-state index >= 15 is 0 Å². The Morgan fingerprint density at radius 1 is 0.892 bits per heavy atom. The van der Waals surface area contributed by atoms with E-state index in [9.17, 15) is 24.3 Å². The lowest BCUT2D eigenvalue weighted by molar-refractivity contribution is -0.139. The molecule has 0 heterocycles. The quantitative estimate of drug-likeness (QED) is 0.257. The van der Waals surface area contributed by atoms with Crippen LogP contribution in [0.3, 0.4) is 0 Å². The van der Waals surface area contributed by atoms with Gasteiger partial charge in [0.25, 0.3) is 0 Å². The first-order valence-electron chi connectivity index (χ1n) is 11.7. The molecule has 3 N–H and O–H groups in total. The summed E-state index contributed by atoms with van der Waals surface area (Å²) in [6, 6.07) is 2.64. The molecule has 0 aromatic heterocycles. The van der Waals surface area contributed by atoms with E-state index in [4.69, 9.17) is 34.2 Å². The summed E-state index contributed by atoms with van der Waals surface area (Å²) in [5.41, 5.74) is 4.52. The molecule has 1 rings (SSSR count). The molecule has 0 saturated carbocycles. The molecule has 12 heteroatoms. The van der Waals surface area contributed by atoms with Crippen LogP contribution in [0.1, 0.15) is 73.3 Å². The molecule has 0 aliphatic heterocycles. The molecule has 12 nitrogen and oxygen atoms in total. The highest BCUT2D eigenvalue weighted by atomic mass is 16.8. The standard InChI is InChI=1S/C25H37NO11/c1-9-32-21(29)33-14(2)12-16(19(26)20(27)28)15-10-11-17(34-22(30)36-24(3,4)5)18(13-15)35-23(31)37-25(6,7)8/h10-11,13-14,16,19H,9,12,26H2,1-8H3,(H,27,28)/t14?,16?,19-/m0/s1. The van der Waals surface area contributed by atoms with E-state index in [0.29, 0.717) is 5.56 Å². The first-order chi connectivity index (χ1) is 16.9. The molecule has 0 spiro atoms. The van der Waals surface area contributed by atoms with Gasteiger partial charge < -0.3 is 39.3 Å². The van der Waals surface area contributed by atoms with E-state index in [1.165, 1.54) is 18.2 Å². The van der Waals surface area contributed by atoms with Crippen LogP contribution in [0, 0.1) is 0 Å². The summed E-state index contributed by atoms with van der Waals surface area (Å²) in [6.45, 7) is 13.1. The molecule has 1 aromatic carbocycles. The molecule has 0 saturated heterocycles. The van der Waals surface area contributed by atoms with E-state index in [1.54, 1.807) is 55.4 Å². The Morgan fingerprint density at radius 2 is 1.41 bits per heavy atom. The fraction of sp³-hybridized carbons (Fsp3) is 0.600. The van der Waals surface area contributed by atoms with Crippen molar-refractivity contribution in [3.05, 3.63) is 23.8 Å². The zero-order valence-corrected chi connectivity index (χ0v) is 22.5. The number of aliphatic carboxylic acids is 1. The van der Waals surface area contributed by atoms with Gasteiger partial charge in [0.1, 0.15) is 23.3 Å². The van der Waals surface area contributed by atoms with Crippen LogP contribution in [0.25, 0.3) is 0 Å². The zero-order valence-electron chi connectivity index (χ0n) is 22.5. The van der Waals surface area contributed by atoms with Crippen molar-refractivity contribution in [3.8, 4) is 11.5 Å². The smallest absolute Gasteiger partial charge is 0.480 e. The molecule has 208 valence electrons. The van der Waals surface area contributed by atoms with Crippen molar-refractivity contribution in [2.75, 3.05) is 6.61 Å². The molecule has 0 bridgehead atoms. The highest BCUT2D eigenvalue weighted by Crippen LogP contribution is 2.35. The average Bonchev–Trinajstić information content (AvgIpc) is 2.70. The topological polar surface area (TPSA) is 170 Å². The third-order valence-corrected chi connectivity index (χ3v) is 4.43. The fourth-order valence-electron chi connectivity index (χ4n) is 3.02. The van der Waals surface area contributed by atoms with Gasteiger partial charge in [0.2, 0.25) is 0 Å². The van der Waals surface area contributed by atoms with Crippen molar-refractivity contribution in [3.63, 3.8) is 0 Å². The van der Waals surface area contributed by atoms with Gasteiger partial charge in [-0.15, -0.1) is 0 Å². The molecule has 0 aliphatic rings. The second-order valence-corrected chi connectivity index (χ2v) is 10.2. The van der Waals surface area contributed by atoms with E-state index in [1.807, 2.05) is 0 Å². The van der Waals surface area contributed by atoms with Gasteiger partial charge in [0.15, 0.2) is 11.5 Å². The molecule has 0 fully saturated rings. The summed E-state index contributed by atoms with van der Waals surface area (Å²) in [4.78, 5) is 48.0. The van der Waals surface area contributed by atoms with Crippen LogP contribution in [0.15, 0.2) is 18.2 Å². The molecule has 0 aliphatic carbocycles. The van der Waals surface area contributed by atoms with E-state index in [2.05, 4.69) is 0 Å². The fourth-order valence-corrected chi connectivity index (χ4v) is 3.02. The van der Waals surface area contributed by atoms with Gasteiger partial charge in [-0.2, -0.15) is 0 Å². The summed E-state index contributed by atoms with van der Waals surface area (Å²) in [7, 11) is 0. The minimum Gasteiger partial charge on any atom is -0.480 e. The van der Waals surface area contributed by atoms with Crippen LogP contribution >= 0.6 is 0 Å². The summed E-state index contributed by atoms with van der Waals surface area (Å²) < 4.78 is 30.8. The van der Waals surface area contributed by atoms with Crippen molar-refractivity contribution in [2.45, 2.75) is 91.1 Å². The van der Waals surface area contributed by atoms with Gasteiger partial charge in [-0.3, -0.25) is 4.79 Å². The van der Waals surface area contributed by atoms with E-state index < -0.39 is 53.7 Å². The number of carboxylic acid groups (broad SMARTS) is 1. The lowest BCUT2D eigenvalue weighted by Crippen LogP contribution is -2.38. The molecular formula is C25H37NO11. The molecule has 1 aromatic rings. The molecule has 3 atom stereocenters. The van der Waals surface area contributed by atoms with Crippen LogP contribution in [0.4, 0.5) is 14.4 Å². The molecule has 37 heavy (non-hydrogen) atoms. The summed E-state index contributed by atoms with van der Waals surface area (Å²) >= 11 is 0. The van der Waals surface area contributed by atoms with Crippen molar-refractivity contribution < 1.29 is 52.7 Å². The second-order valence-electron chi connectivity index (χ2n) is 10.2. The van der Waals surface area contributed by atoms with Gasteiger partial charge >= 0.3 is 24.4 Å². The SMILES string of the molecule is CCOC(=O)OC(C)CC(c1ccc(OC(=O)OC(C)(C)C)c(OC(=O)OC(C)(C)C)c1)[C@H](N)C(=O)O. The van der Waals surface area contributed by atoms with Crippen LogP contribution in [-0.2, 0) is 23.7 Å². The lowest BCUT2D eigenvalue weighted by Gasteiger charge is -2.25. The number of ether oxygens (including phenoxy) is 6. The Bertz CT molecular complexity index is 962. The third-order valence-electron chi connectivity index (χ3n) is 4.43. The first-order valence-corrected chi connectivity index (χ1v) is 11.7. The maximum absolute atomic E-state index is 12.4. The highest BCUT2D eigenvalue weighted by Gasteiger charge is 2.31. The number of benzene rings is 1. The van der Waals surface area contributed by atoms with Crippen LogP contribution < -0.4 is 15.2 Å². The summed E-state index contributed by atoms with van der Waals surface area (Å²) in [6.07, 6.45) is -3.83. The molecule has 0 radical (unpaired) electrons. The predicted molar refractivity (Wildman–Crippen MR) is 131 cm³/mol. The van der Waals surface area contributed by atoms with Gasteiger partial charge in [0, 0.05) is 5.92 Å². The Kier molecular flexibility index (Phi) is 11.2. The van der Waals surface area contributed by atoms with Gasteiger partial charge in [0.05, 0.1) is 6.61 Å². The first kappa shape index (κ1) is 31.5. The zero-order chi connectivity index (χ0) is 28.6. The van der Waals surface area contributed by atoms with Crippen molar-refractivity contribution in [1.82, 2.24) is 0 Å². The summed E-state index contributed by atoms with van der Waals surface area (Å²) in [5.74, 6) is -2.63. The van der Waals surface area contributed by atoms with Crippen LogP contribution in [-0.4, -0.2) is 59.5 Å². The Hall–Kier alpha value is -3.54. The number of hydrogen-bond acceptors (Lipinski definition) is 11. The number of carboxylic acids is 1. The molecular weight excluding hydrogens is 490 g/mol. The number of hydrogen-bond donors (Lipinski definition) is 2. The van der Waals surface area contributed by atoms with Gasteiger partial charge in [-0.1, -0.05) is 6.07 Å². The van der Waals surface area contributed by atoms with Gasteiger partial charge in [-0.05, 0) is 79.5 Å². The number of carbonyl (C=O) groups is 4. The lowest BCUT2D eigenvalue weighted by atomic mass is 9.87. The largest absolute Gasteiger partial charge is 0.514 e. The minimum atomic E-state index is -1.42. The predicted octanol–water partition coefficient (Wildman–Crippen LogP) is 4.76. The maximum atomic E-state index is 12.4. The monoisotopic (exact) mass is 527 g/mol. The van der Waals surface area contributed by atoms with Crippen molar-refractivity contribution in [2.24, 2.45) is 5.73 Å². The number of nitrogens with two attached hydrogens (primary N) is 1. The highest BCUT2D eigenvalue weighted by molar-refractivity contribution is 5.75. The second kappa shape index (κ2) is 13.1.